The molecule has 0 radical (unpaired) electrons. The first-order chi connectivity index (χ1) is 14.2. The van der Waals surface area contributed by atoms with Gasteiger partial charge in [-0.1, -0.05) is 93.3 Å². The Morgan fingerprint density at radius 3 is 2.31 bits per heavy atom. The number of hydrogen-bond donors (Lipinski definition) is 1. The average Bonchev–Trinajstić information content (AvgIpc) is 3.06. The summed E-state index contributed by atoms with van der Waals surface area (Å²) in [6.45, 7) is 3.15. The van der Waals surface area contributed by atoms with Gasteiger partial charge >= 0.3 is 0 Å². The molecular formula is C25H33NO3. The van der Waals surface area contributed by atoms with Crippen molar-refractivity contribution in [2.45, 2.75) is 76.9 Å². The highest BCUT2D eigenvalue weighted by molar-refractivity contribution is 5.80. The fourth-order valence-corrected chi connectivity index (χ4v) is 4.09. The molecule has 156 valence electrons. The Morgan fingerprint density at radius 2 is 1.66 bits per heavy atom. The van der Waals surface area contributed by atoms with Crippen LogP contribution in [0.5, 0.6) is 0 Å². The first-order valence-corrected chi connectivity index (χ1v) is 10.9. The Labute approximate surface area is 174 Å². The molecule has 1 heterocycles. The summed E-state index contributed by atoms with van der Waals surface area (Å²) in [6.07, 6.45) is 4.62. The lowest BCUT2D eigenvalue weighted by Gasteiger charge is -2.32. The van der Waals surface area contributed by atoms with E-state index in [4.69, 9.17) is 4.74 Å². The molecule has 1 fully saturated rings. The third-order valence-corrected chi connectivity index (χ3v) is 5.69. The van der Waals surface area contributed by atoms with Crippen molar-refractivity contribution in [3.05, 3.63) is 71.8 Å². The van der Waals surface area contributed by atoms with Crippen LogP contribution < -0.4 is 0 Å². The van der Waals surface area contributed by atoms with E-state index in [9.17, 15) is 9.90 Å². The first-order valence-electron chi connectivity index (χ1n) is 10.9. The number of aliphatic hydroxyl groups excluding tert-OH is 1. The molecule has 3 atom stereocenters. The number of ether oxygens (including phenoxy) is 1. The van der Waals surface area contributed by atoms with Crippen LogP contribution in [0.2, 0.25) is 0 Å². The van der Waals surface area contributed by atoms with Crippen molar-refractivity contribution in [1.82, 2.24) is 4.90 Å². The van der Waals surface area contributed by atoms with Crippen molar-refractivity contribution < 1.29 is 14.6 Å². The minimum atomic E-state index is -0.567. The number of carbonyl (C=O) groups is 1. The fourth-order valence-electron chi connectivity index (χ4n) is 4.09. The second-order valence-electron chi connectivity index (χ2n) is 7.95. The van der Waals surface area contributed by atoms with Crippen LogP contribution in [0.15, 0.2) is 60.7 Å². The van der Waals surface area contributed by atoms with Crippen molar-refractivity contribution in [3.8, 4) is 0 Å². The van der Waals surface area contributed by atoms with E-state index in [2.05, 4.69) is 6.92 Å². The van der Waals surface area contributed by atoms with Gasteiger partial charge in [0.05, 0.1) is 31.3 Å². The van der Waals surface area contributed by atoms with E-state index in [0.717, 1.165) is 24.0 Å². The molecule has 29 heavy (non-hydrogen) atoms. The zero-order chi connectivity index (χ0) is 20.5. The van der Waals surface area contributed by atoms with Crippen LogP contribution in [0, 0.1) is 0 Å². The standard InChI is InChI=1S/C25H33NO3/c1-2-3-4-11-16-22(27)25-23(29-19-21-14-9-6-10-15-21)17-24(28)26(25)18-20-12-7-5-8-13-20/h5-10,12-15,22-23,25,27H,2-4,11,16-19H2,1H3/t22-,23+,25-/m1/s1. The number of aliphatic hydroxyl groups is 1. The second-order valence-corrected chi connectivity index (χ2v) is 7.95. The van der Waals surface area contributed by atoms with Gasteiger partial charge in [0.25, 0.3) is 0 Å². The number of hydrogen-bond acceptors (Lipinski definition) is 3. The Hall–Kier alpha value is -2.17. The molecular weight excluding hydrogens is 362 g/mol. The molecule has 1 saturated heterocycles. The molecule has 4 nitrogen and oxygen atoms in total. The summed E-state index contributed by atoms with van der Waals surface area (Å²) >= 11 is 0. The van der Waals surface area contributed by atoms with Crippen molar-refractivity contribution in [3.63, 3.8) is 0 Å². The van der Waals surface area contributed by atoms with Gasteiger partial charge in [0.15, 0.2) is 0 Å². The van der Waals surface area contributed by atoms with E-state index < -0.39 is 6.10 Å². The lowest BCUT2D eigenvalue weighted by molar-refractivity contribution is -0.131. The van der Waals surface area contributed by atoms with Crippen molar-refractivity contribution >= 4 is 5.91 Å². The summed E-state index contributed by atoms with van der Waals surface area (Å²) in [5.41, 5.74) is 2.16. The number of nitrogens with zero attached hydrogens (tertiary/aromatic N) is 1. The predicted molar refractivity (Wildman–Crippen MR) is 115 cm³/mol. The van der Waals surface area contributed by atoms with Crippen LogP contribution in [0.3, 0.4) is 0 Å². The molecule has 0 spiro atoms. The molecule has 1 aliphatic rings. The molecule has 0 aliphatic carbocycles. The Morgan fingerprint density at radius 1 is 1.00 bits per heavy atom. The lowest BCUT2D eigenvalue weighted by atomic mass is 9.99. The maximum atomic E-state index is 12.8. The van der Waals surface area contributed by atoms with E-state index >= 15 is 0 Å². The third-order valence-electron chi connectivity index (χ3n) is 5.69. The van der Waals surface area contributed by atoms with Gasteiger partial charge in [-0.15, -0.1) is 0 Å². The highest BCUT2D eigenvalue weighted by Crippen LogP contribution is 2.29. The number of benzene rings is 2. The summed E-state index contributed by atoms with van der Waals surface area (Å²) in [5.74, 6) is 0.0597. The molecule has 2 aromatic rings. The minimum Gasteiger partial charge on any atom is -0.391 e. The summed E-state index contributed by atoms with van der Waals surface area (Å²) in [6, 6.07) is 19.7. The quantitative estimate of drug-likeness (QED) is 0.561. The molecule has 3 rings (SSSR count). The smallest absolute Gasteiger partial charge is 0.226 e. The van der Waals surface area contributed by atoms with E-state index in [-0.39, 0.29) is 18.1 Å². The van der Waals surface area contributed by atoms with E-state index in [1.807, 2.05) is 65.6 Å². The van der Waals surface area contributed by atoms with Crippen LogP contribution in [0.25, 0.3) is 0 Å². The molecule has 0 saturated carbocycles. The molecule has 0 aromatic heterocycles. The Bertz CT molecular complexity index is 734. The largest absolute Gasteiger partial charge is 0.391 e. The van der Waals surface area contributed by atoms with E-state index in [0.29, 0.717) is 26.0 Å². The zero-order valence-corrected chi connectivity index (χ0v) is 17.4. The lowest BCUT2D eigenvalue weighted by Crippen LogP contribution is -2.46. The maximum Gasteiger partial charge on any atom is 0.226 e. The van der Waals surface area contributed by atoms with Crippen molar-refractivity contribution in [2.24, 2.45) is 0 Å². The average molecular weight is 396 g/mol. The van der Waals surface area contributed by atoms with Gasteiger partial charge in [-0.3, -0.25) is 4.79 Å². The third kappa shape index (κ3) is 6.15. The molecule has 2 aromatic carbocycles. The molecule has 4 heteroatoms. The summed E-state index contributed by atoms with van der Waals surface area (Å²) in [4.78, 5) is 14.7. The van der Waals surface area contributed by atoms with E-state index in [1.165, 1.54) is 12.8 Å². The van der Waals surface area contributed by atoms with Crippen molar-refractivity contribution in [1.29, 1.82) is 0 Å². The van der Waals surface area contributed by atoms with Gasteiger partial charge in [-0.2, -0.15) is 0 Å². The second kappa shape index (κ2) is 11.1. The molecule has 0 unspecified atom stereocenters. The number of likely N-dealkylation sites (tertiary alicyclic amines) is 1. The highest BCUT2D eigenvalue weighted by atomic mass is 16.5. The van der Waals surface area contributed by atoms with Gasteiger partial charge in [0.2, 0.25) is 5.91 Å². The van der Waals surface area contributed by atoms with Gasteiger partial charge in [0, 0.05) is 6.54 Å². The highest BCUT2D eigenvalue weighted by Gasteiger charge is 2.44. The zero-order valence-electron chi connectivity index (χ0n) is 17.4. The monoisotopic (exact) mass is 395 g/mol. The van der Waals surface area contributed by atoms with Crippen LogP contribution in [-0.4, -0.2) is 34.2 Å². The van der Waals surface area contributed by atoms with Gasteiger partial charge < -0.3 is 14.7 Å². The van der Waals surface area contributed by atoms with E-state index in [1.54, 1.807) is 0 Å². The van der Waals surface area contributed by atoms with Gasteiger partial charge in [-0.05, 0) is 17.5 Å². The Balaban J connectivity index is 1.70. The number of rotatable bonds is 11. The first kappa shape index (κ1) is 21.5. The SMILES string of the molecule is CCCCCC[C@@H](O)[C@@H]1[C@@H](OCc2ccccc2)CC(=O)N1Cc1ccccc1. The topological polar surface area (TPSA) is 49.8 Å². The Kier molecular flexibility index (Phi) is 8.26. The summed E-state index contributed by atoms with van der Waals surface area (Å²) < 4.78 is 6.17. The normalized spacial score (nSPS) is 20.2. The molecule has 0 bridgehead atoms. The number of amides is 1. The summed E-state index contributed by atoms with van der Waals surface area (Å²) in [7, 11) is 0. The maximum absolute atomic E-state index is 12.8. The van der Waals surface area contributed by atoms with Crippen LogP contribution in [0.1, 0.15) is 56.6 Å². The van der Waals surface area contributed by atoms with Gasteiger partial charge in [-0.25, -0.2) is 0 Å². The van der Waals surface area contributed by atoms with Crippen LogP contribution in [-0.2, 0) is 22.7 Å². The number of unbranched alkanes of at least 4 members (excludes halogenated alkanes) is 3. The van der Waals surface area contributed by atoms with Gasteiger partial charge in [0.1, 0.15) is 0 Å². The fraction of sp³-hybridized carbons (Fsp3) is 0.480. The number of carbonyl (C=O) groups excluding carboxylic acids is 1. The summed E-state index contributed by atoms with van der Waals surface area (Å²) in [5, 5.41) is 11.0. The molecule has 1 amide bonds. The van der Waals surface area contributed by atoms with Crippen LogP contribution in [0.4, 0.5) is 0 Å². The predicted octanol–water partition coefficient (Wildman–Crippen LogP) is 4.70. The minimum absolute atomic E-state index is 0.0597. The van der Waals surface area contributed by atoms with Crippen molar-refractivity contribution in [2.75, 3.05) is 0 Å². The molecule has 1 aliphatic heterocycles. The molecule has 1 N–H and O–H groups in total. The van der Waals surface area contributed by atoms with Crippen LogP contribution >= 0.6 is 0 Å².